The number of aliphatic hydroxyl groups is 1. The quantitative estimate of drug-likeness (QED) is 0.742. The second-order valence-electron chi connectivity index (χ2n) is 3.86. The third-order valence-corrected chi connectivity index (χ3v) is 5.47. The minimum atomic E-state index is -1.08. The number of thioether (sulfide) groups is 2. The molecule has 1 fully saturated rings. The zero-order valence-corrected chi connectivity index (χ0v) is 11.0. The van der Waals surface area contributed by atoms with Crippen molar-refractivity contribution in [1.82, 2.24) is 4.90 Å². The molecule has 17 heavy (non-hydrogen) atoms. The summed E-state index contributed by atoms with van der Waals surface area (Å²) < 4.78 is 0.640. The number of carbonyl (C=O) groups is 2. The van der Waals surface area contributed by atoms with E-state index in [9.17, 15) is 14.7 Å². The number of carbonyl (C=O) groups excluding carboxylic acids is 1. The maximum absolute atomic E-state index is 11.9. The normalized spacial score (nSPS) is 29.1. The number of carboxylic acid groups (broad SMARTS) is 1. The highest BCUT2D eigenvalue weighted by Gasteiger charge is 2.57. The summed E-state index contributed by atoms with van der Waals surface area (Å²) in [7, 11) is 0. The molecule has 2 aliphatic heterocycles. The SMILES string of the molecule is CC[C@H](O)C1C(=O)N2C(C(=O)O)=C(SC)S[C@H]12. The second-order valence-corrected chi connectivity index (χ2v) is 6.07. The summed E-state index contributed by atoms with van der Waals surface area (Å²) in [6.45, 7) is 1.81. The fourth-order valence-electron chi connectivity index (χ4n) is 2.06. The van der Waals surface area contributed by atoms with Gasteiger partial charge in [0.05, 0.1) is 16.3 Å². The molecule has 2 rings (SSSR count). The Morgan fingerprint density at radius 1 is 1.65 bits per heavy atom. The van der Waals surface area contributed by atoms with Crippen LogP contribution in [0.3, 0.4) is 0 Å². The first-order valence-electron chi connectivity index (χ1n) is 5.22. The van der Waals surface area contributed by atoms with E-state index in [4.69, 9.17) is 5.11 Å². The largest absolute Gasteiger partial charge is 0.477 e. The van der Waals surface area contributed by atoms with E-state index in [1.807, 2.05) is 0 Å². The molecule has 1 unspecified atom stereocenters. The zero-order chi connectivity index (χ0) is 12.7. The fraction of sp³-hybridized carbons (Fsp3) is 0.600. The number of aliphatic hydroxyl groups excluding tert-OH is 1. The average Bonchev–Trinajstić information content (AvgIpc) is 2.63. The molecular weight excluding hydrogens is 262 g/mol. The molecule has 3 atom stereocenters. The van der Waals surface area contributed by atoms with Crippen molar-refractivity contribution < 1.29 is 19.8 Å². The van der Waals surface area contributed by atoms with Crippen molar-refractivity contribution in [3.8, 4) is 0 Å². The van der Waals surface area contributed by atoms with Gasteiger partial charge in [-0.1, -0.05) is 18.7 Å². The molecule has 2 heterocycles. The maximum Gasteiger partial charge on any atom is 0.354 e. The summed E-state index contributed by atoms with van der Waals surface area (Å²) in [4.78, 5) is 24.3. The van der Waals surface area contributed by atoms with Gasteiger partial charge in [-0.25, -0.2) is 4.79 Å². The molecule has 0 saturated carbocycles. The lowest BCUT2D eigenvalue weighted by Crippen LogP contribution is -2.61. The lowest BCUT2D eigenvalue weighted by Gasteiger charge is -2.44. The number of fused-ring (bicyclic) bond motifs is 1. The fourth-order valence-corrected chi connectivity index (χ4v) is 4.39. The summed E-state index contributed by atoms with van der Waals surface area (Å²) in [6, 6.07) is 0. The molecule has 0 aromatic rings. The highest BCUT2D eigenvalue weighted by atomic mass is 32.2. The van der Waals surface area contributed by atoms with Crippen LogP contribution in [0.5, 0.6) is 0 Å². The van der Waals surface area contributed by atoms with E-state index >= 15 is 0 Å². The summed E-state index contributed by atoms with van der Waals surface area (Å²) >= 11 is 2.69. The highest BCUT2D eigenvalue weighted by Crippen LogP contribution is 2.53. The molecular formula is C10H13NO4S2. The summed E-state index contributed by atoms with van der Waals surface area (Å²) in [5.74, 6) is -1.83. The third-order valence-electron chi connectivity index (χ3n) is 2.97. The van der Waals surface area contributed by atoms with Gasteiger partial charge >= 0.3 is 5.97 Å². The molecule has 0 bridgehead atoms. The Kier molecular flexibility index (Phi) is 3.42. The summed E-state index contributed by atoms with van der Waals surface area (Å²) in [6.07, 6.45) is 1.60. The molecule has 5 nitrogen and oxygen atoms in total. The molecule has 7 heteroatoms. The van der Waals surface area contributed by atoms with Crippen molar-refractivity contribution in [2.24, 2.45) is 5.92 Å². The molecule has 1 amide bonds. The van der Waals surface area contributed by atoms with Crippen LogP contribution in [-0.2, 0) is 9.59 Å². The smallest absolute Gasteiger partial charge is 0.354 e. The van der Waals surface area contributed by atoms with Gasteiger partial charge in [-0.15, -0.1) is 11.8 Å². The number of amides is 1. The van der Waals surface area contributed by atoms with E-state index in [0.717, 1.165) is 0 Å². The lowest BCUT2D eigenvalue weighted by molar-refractivity contribution is -0.157. The lowest BCUT2D eigenvalue weighted by atomic mass is 9.90. The van der Waals surface area contributed by atoms with Crippen LogP contribution in [0.1, 0.15) is 13.3 Å². The van der Waals surface area contributed by atoms with Crippen molar-refractivity contribution in [3.63, 3.8) is 0 Å². The first kappa shape index (κ1) is 12.8. The van der Waals surface area contributed by atoms with E-state index < -0.39 is 18.0 Å². The van der Waals surface area contributed by atoms with Gasteiger partial charge in [0, 0.05) is 0 Å². The van der Waals surface area contributed by atoms with E-state index in [1.165, 1.54) is 28.4 Å². The number of hydrogen-bond donors (Lipinski definition) is 2. The molecule has 0 aromatic heterocycles. The third kappa shape index (κ3) is 1.76. The van der Waals surface area contributed by atoms with Gasteiger partial charge in [0.15, 0.2) is 5.70 Å². The molecule has 0 aromatic carbocycles. The standard InChI is InChI=1S/C10H13NO4S2/c1-3-4(12)5-7(13)11-6(9(14)15)10(16-2)17-8(5)11/h4-5,8,12H,3H2,1-2H3,(H,14,15)/t4-,5?,8+/m0/s1. The molecule has 94 valence electrons. The first-order chi connectivity index (χ1) is 8.02. The van der Waals surface area contributed by atoms with Crippen LogP contribution in [-0.4, -0.2) is 44.7 Å². The van der Waals surface area contributed by atoms with Crippen molar-refractivity contribution >= 4 is 35.4 Å². The minimum Gasteiger partial charge on any atom is -0.477 e. The van der Waals surface area contributed by atoms with Gasteiger partial charge in [-0.3, -0.25) is 9.69 Å². The monoisotopic (exact) mass is 275 g/mol. The Balaban J connectivity index is 2.25. The number of aliphatic carboxylic acids is 1. The number of hydrogen-bond acceptors (Lipinski definition) is 5. The second kappa shape index (κ2) is 4.55. The molecule has 0 aliphatic carbocycles. The predicted molar refractivity (Wildman–Crippen MR) is 66.2 cm³/mol. The van der Waals surface area contributed by atoms with Crippen LogP contribution in [0, 0.1) is 5.92 Å². The van der Waals surface area contributed by atoms with E-state index in [2.05, 4.69) is 0 Å². The molecule has 2 N–H and O–H groups in total. The molecule has 1 saturated heterocycles. The van der Waals surface area contributed by atoms with Crippen LogP contribution in [0.4, 0.5) is 0 Å². The topological polar surface area (TPSA) is 77.8 Å². The maximum atomic E-state index is 11.9. The van der Waals surface area contributed by atoms with Crippen LogP contribution >= 0.6 is 23.5 Å². The van der Waals surface area contributed by atoms with Gasteiger partial charge in [0.2, 0.25) is 5.91 Å². The van der Waals surface area contributed by atoms with Crippen molar-refractivity contribution in [1.29, 1.82) is 0 Å². The Bertz CT molecular complexity index is 409. The van der Waals surface area contributed by atoms with Crippen LogP contribution in [0.15, 0.2) is 9.93 Å². The van der Waals surface area contributed by atoms with E-state index in [-0.39, 0.29) is 17.0 Å². The van der Waals surface area contributed by atoms with Gasteiger partial charge in [0.25, 0.3) is 0 Å². The number of β-lactam (4-membered cyclic amide) rings is 1. The minimum absolute atomic E-state index is 0.0667. The average molecular weight is 275 g/mol. The highest BCUT2D eigenvalue weighted by molar-refractivity contribution is 8.22. The number of carboxylic acids is 1. The van der Waals surface area contributed by atoms with Crippen molar-refractivity contribution in [3.05, 3.63) is 9.93 Å². The van der Waals surface area contributed by atoms with Crippen LogP contribution < -0.4 is 0 Å². The van der Waals surface area contributed by atoms with Gasteiger partial charge in [-0.2, -0.15) is 0 Å². The Labute approximate surface area is 107 Å². The summed E-state index contributed by atoms with van der Waals surface area (Å²) in [5.41, 5.74) is 0.0667. The Morgan fingerprint density at radius 2 is 2.29 bits per heavy atom. The van der Waals surface area contributed by atoms with Gasteiger partial charge in [0.1, 0.15) is 5.37 Å². The number of rotatable bonds is 4. The summed E-state index contributed by atoms with van der Waals surface area (Å²) in [5, 5.41) is 18.6. The zero-order valence-electron chi connectivity index (χ0n) is 9.41. The van der Waals surface area contributed by atoms with Gasteiger partial charge < -0.3 is 10.2 Å². The van der Waals surface area contributed by atoms with Crippen molar-refractivity contribution in [2.45, 2.75) is 24.8 Å². The molecule has 0 spiro atoms. The predicted octanol–water partition coefficient (Wildman–Crippen LogP) is 0.905. The van der Waals surface area contributed by atoms with Crippen LogP contribution in [0.25, 0.3) is 0 Å². The van der Waals surface area contributed by atoms with Gasteiger partial charge in [-0.05, 0) is 12.7 Å². The Morgan fingerprint density at radius 3 is 2.76 bits per heavy atom. The van der Waals surface area contributed by atoms with E-state index in [0.29, 0.717) is 10.7 Å². The first-order valence-corrected chi connectivity index (χ1v) is 7.32. The van der Waals surface area contributed by atoms with Crippen molar-refractivity contribution in [2.75, 3.05) is 6.26 Å². The molecule has 2 aliphatic rings. The van der Waals surface area contributed by atoms with E-state index in [1.54, 1.807) is 13.2 Å². The van der Waals surface area contributed by atoms with Crippen LogP contribution in [0.2, 0.25) is 0 Å². The molecule has 0 radical (unpaired) electrons. The number of nitrogens with zero attached hydrogens (tertiary/aromatic N) is 1. The Hall–Kier alpha value is -0.660.